The maximum Gasteiger partial charge on any atom is 0.239 e. The summed E-state index contributed by atoms with van der Waals surface area (Å²) in [4.78, 5) is 13.5. The number of ether oxygens (including phenoxy) is 2. The molecule has 3 aromatic carbocycles. The second kappa shape index (κ2) is 13.3. The molecule has 1 amide bonds. The van der Waals surface area contributed by atoms with E-state index in [4.69, 9.17) is 9.47 Å². The highest BCUT2D eigenvalue weighted by Gasteiger charge is 2.28. The van der Waals surface area contributed by atoms with Crippen LogP contribution in [0.5, 0.6) is 11.5 Å². The molecule has 0 aliphatic carbocycles. The summed E-state index contributed by atoms with van der Waals surface area (Å²) >= 11 is 0. The van der Waals surface area contributed by atoms with Crippen LogP contribution in [0, 0.1) is 0 Å². The fourth-order valence-corrected chi connectivity index (χ4v) is 5.60. The van der Waals surface area contributed by atoms with E-state index in [1.165, 1.54) is 0 Å². The standard InChI is InChI=1S/C30H34N2O6S/c1-22(33)28-19-23-9-13-26(14-10-23)37-17-5-6-18-38-27-15-11-24(12-16-27)20-29(30(34)31-28)32-39(35,36)21-25-7-3-2-4-8-25/h2-4,7-16,28-29,32-33H,1,5-6,17-21H2,(H,31,34)/t28-,29+/m0/s1. The van der Waals surface area contributed by atoms with Crippen LogP contribution in [-0.2, 0) is 33.4 Å². The van der Waals surface area contributed by atoms with Crippen molar-refractivity contribution in [2.24, 2.45) is 0 Å². The van der Waals surface area contributed by atoms with E-state index in [2.05, 4.69) is 16.6 Å². The van der Waals surface area contributed by atoms with Crippen molar-refractivity contribution in [3.8, 4) is 11.5 Å². The number of aliphatic hydroxyl groups is 1. The molecule has 9 heteroatoms. The quantitative estimate of drug-likeness (QED) is 0.413. The van der Waals surface area contributed by atoms with E-state index in [-0.39, 0.29) is 24.4 Å². The van der Waals surface area contributed by atoms with Crippen molar-refractivity contribution in [2.45, 2.75) is 43.5 Å². The van der Waals surface area contributed by atoms with E-state index in [9.17, 15) is 18.3 Å². The van der Waals surface area contributed by atoms with Crippen LogP contribution in [0.25, 0.3) is 0 Å². The van der Waals surface area contributed by atoms with Crippen molar-refractivity contribution in [1.82, 2.24) is 10.0 Å². The zero-order valence-corrected chi connectivity index (χ0v) is 22.5. The van der Waals surface area contributed by atoms with Crippen LogP contribution in [0.3, 0.4) is 0 Å². The predicted octanol–water partition coefficient (Wildman–Crippen LogP) is 4.07. The number of benzene rings is 3. The van der Waals surface area contributed by atoms with Gasteiger partial charge in [-0.15, -0.1) is 0 Å². The van der Waals surface area contributed by atoms with Gasteiger partial charge >= 0.3 is 0 Å². The lowest BCUT2D eigenvalue weighted by molar-refractivity contribution is -0.123. The smallest absolute Gasteiger partial charge is 0.239 e. The molecule has 0 spiro atoms. The van der Waals surface area contributed by atoms with Crippen molar-refractivity contribution >= 4 is 15.9 Å². The third-order valence-corrected chi connectivity index (χ3v) is 7.72. The number of sulfonamides is 1. The molecule has 3 aromatic rings. The second-order valence-electron chi connectivity index (χ2n) is 9.57. The maximum atomic E-state index is 13.5. The Morgan fingerprint density at radius 1 is 0.872 bits per heavy atom. The van der Waals surface area contributed by atoms with Crippen LogP contribution in [0.2, 0.25) is 0 Å². The van der Waals surface area contributed by atoms with Crippen molar-refractivity contribution < 1.29 is 27.8 Å². The number of amides is 1. The van der Waals surface area contributed by atoms with Gasteiger partial charge in [0.25, 0.3) is 0 Å². The van der Waals surface area contributed by atoms with Gasteiger partial charge in [-0.3, -0.25) is 4.79 Å². The largest absolute Gasteiger partial charge is 0.511 e. The van der Waals surface area contributed by atoms with Crippen LogP contribution in [0.1, 0.15) is 29.5 Å². The summed E-state index contributed by atoms with van der Waals surface area (Å²) in [6.07, 6.45) is 2.04. The highest BCUT2D eigenvalue weighted by atomic mass is 32.2. The molecule has 0 saturated carbocycles. The molecule has 4 aliphatic heterocycles. The monoisotopic (exact) mass is 550 g/mol. The molecule has 4 heterocycles. The molecule has 0 unspecified atom stereocenters. The summed E-state index contributed by atoms with van der Waals surface area (Å²) in [6.45, 7) is 4.73. The molecule has 4 bridgehead atoms. The minimum atomic E-state index is -3.87. The van der Waals surface area contributed by atoms with Crippen LogP contribution >= 0.6 is 0 Å². The van der Waals surface area contributed by atoms with E-state index >= 15 is 0 Å². The number of carbonyl (C=O) groups is 1. The van der Waals surface area contributed by atoms with Crippen LogP contribution in [0.15, 0.2) is 91.2 Å². The molecule has 39 heavy (non-hydrogen) atoms. The first-order valence-corrected chi connectivity index (χ1v) is 14.6. The summed E-state index contributed by atoms with van der Waals surface area (Å²) in [6, 6.07) is 21.5. The van der Waals surface area contributed by atoms with Crippen LogP contribution in [0.4, 0.5) is 0 Å². The van der Waals surface area contributed by atoms with Crippen molar-refractivity contribution in [1.29, 1.82) is 0 Å². The van der Waals surface area contributed by atoms with Gasteiger partial charge in [0.1, 0.15) is 23.3 Å². The third kappa shape index (κ3) is 8.87. The van der Waals surface area contributed by atoms with E-state index in [0.29, 0.717) is 24.5 Å². The van der Waals surface area contributed by atoms with E-state index in [0.717, 1.165) is 29.7 Å². The summed E-state index contributed by atoms with van der Waals surface area (Å²) < 4.78 is 40.3. The highest BCUT2D eigenvalue weighted by Crippen LogP contribution is 2.18. The number of hydrogen-bond acceptors (Lipinski definition) is 6. The zero-order valence-electron chi connectivity index (χ0n) is 21.7. The molecular formula is C30H34N2O6S. The lowest BCUT2D eigenvalue weighted by Gasteiger charge is -2.23. The van der Waals surface area contributed by atoms with Gasteiger partial charge in [0, 0.05) is 0 Å². The normalized spacial score (nSPS) is 18.9. The van der Waals surface area contributed by atoms with Gasteiger partial charge < -0.3 is 19.9 Å². The van der Waals surface area contributed by atoms with Crippen molar-refractivity contribution in [2.75, 3.05) is 13.2 Å². The predicted molar refractivity (Wildman–Crippen MR) is 150 cm³/mol. The summed E-state index contributed by atoms with van der Waals surface area (Å²) in [5, 5.41) is 13.1. The Labute approximate surface area is 229 Å². The molecule has 4 aliphatic rings. The Morgan fingerprint density at radius 2 is 1.41 bits per heavy atom. The summed E-state index contributed by atoms with van der Waals surface area (Å²) in [5.74, 6) is 0.349. The minimum Gasteiger partial charge on any atom is -0.511 e. The number of aliphatic hydroxyl groups excluding tert-OH is 1. The fraction of sp³-hybridized carbons (Fsp3) is 0.300. The first kappa shape index (κ1) is 28.2. The lowest BCUT2D eigenvalue weighted by atomic mass is 10.0. The molecule has 0 fully saturated rings. The van der Waals surface area contributed by atoms with Gasteiger partial charge in [0.2, 0.25) is 15.9 Å². The highest BCUT2D eigenvalue weighted by molar-refractivity contribution is 7.88. The molecule has 2 atom stereocenters. The maximum absolute atomic E-state index is 13.5. The Balaban J connectivity index is 1.59. The number of nitrogens with one attached hydrogen (secondary N) is 2. The topological polar surface area (TPSA) is 114 Å². The molecule has 0 aromatic heterocycles. The summed E-state index contributed by atoms with van der Waals surface area (Å²) in [5.41, 5.74) is 2.21. The van der Waals surface area contributed by atoms with E-state index in [1.54, 1.807) is 36.4 Å². The first-order valence-electron chi connectivity index (χ1n) is 12.9. The van der Waals surface area contributed by atoms with Gasteiger partial charge in [-0.25, -0.2) is 13.1 Å². The van der Waals surface area contributed by atoms with Crippen LogP contribution in [-0.4, -0.2) is 44.7 Å². The van der Waals surface area contributed by atoms with Crippen LogP contribution < -0.4 is 19.5 Å². The average Bonchev–Trinajstić information content (AvgIpc) is 2.91. The van der Waals surface area contributed by atoms with Crippen molar-refractivity contribution in [3.63, 3.8) is 0 Å². The minimum absolute atomic E-state index is 0.108. The average molecular weight is 551 g/mol. The van der Waals surface area contributed by atoms with Gasteiger partial charge in [-0.1, -0.05) is 61.2 Å². The Hall–Kier alpha value is -3.82. The first-order chi connectivity index (χ1) is 18.8. The number of rotatable bonds is 5. The van der Waals surface area contributed by atoms with Gasteiger partial charge in [0.05, 0.1) is 25.0 Å². The molecule has 0 saturated heterocycles. The van der Waals surface area contributed by atoms with Gasteiger partial charge in [-0.2, -0.15) is 0 Å². The second-order valence-corrected chi connectivity index (χ2v) is 11.3. The Morgan fingerprint density at radius 3 is 1.95 bits per heavy atom. The molecule has 206 valence electrons. The van der Waals surface area contributed by atoms with Gasteiger partial charge in [-0.05, 0) is 66.6 Å². The number of hydrogen-bond donors (Lipinski definition) is 3. The molecule has 8 nitrogen and oxygen atoms in total. The molecular weight excluding hydrogens is 516 g/mol. The summed E-state index contributed by atoms with van der Waals surface area (Å²) in [7, 11) is -3.87. The molecule has 0 radical (unpaired) electrons. The Bertz CT molecular complexity index is 1340. The number of carbonyl (C=O) groups excluding carboxylic acids is 1. The zero-order chi connectivity index (χ0) is 27.7. The third-order valence-electron chi connectivity index (χ3n) is 6.36. The van der Waals surface area contributed by atoms with E-state index in [1.807, 2.05) is 42.5 Å². The lowest BCUT2D eigenvalue weighted by Crippen LogP contribution is -2.51. The Kier molecular flexibility index (Phi) is 9.62. The van der Waals surface area contributed by atoms with Crippen molar-refractivity contribution in [3.05, 3.63) is 108 Å². The SMILES string of the molecule is C=C(O)[C@@H]1Cc2ccc(cc2)OCCCCOc2ccc(cc2)C[C@@H](NS(=O)(=O)Cc2ccccc2)C(=O)N1. The molecule has 7 rings (SSSR count). The van der Waals surface area contributed by atoms with Gasteiger partial charge in [0.15, 0.2) is 0 Å². The fourth-order valence-electron chi connectivity index (χ4n) is 4.26. The molecule has 3 N–H and O–H groups in total. The van der Waals surface area contributed by atoms with E-state index < -0.39 is 28.0 Å².